The van der Waals surface area contributed by atoms with Gasteiger partial charge in [-0.3, -0.25) is 4.68 Å². The number of hydrogen-bond acceptors (Lipinski definition) is 6. The third-order valence-electron chi connectivity index (χ3n) is 6.24. The maximum atomic E-state index is 14.8. The minimum atomic E-state index is -3.88. The molecule has 1 spiro atoms. The molecule has 2 aromatic heterocycles. The van der Waals surface area contributed by atoms with Crippen molar-refractivity contribution >= 4 is 10.2 Å². The van der Waals surface area contributed by atoms with E-state index in [1.54, 1.807) is 6.20 Å². The van der Waals surface area contributed by atoms with Gasteiger partial charge in [-0.05, 0) is 32.6 Å². The van der Waals surface area contributed by atoms with Gasteiger partial charge in [0.15, 0.2) is 5.82 Å². The maximum absolute atomic E-state index is 14.8. The molecule has 1 atom stereocenters. The van der Waals surface area contributed by atoms with Crippen LogP contribution in [-0.2, 0) is 10.2 Å². The van der Waals surface area contributed by atoms with E-state index in [2.05, 4.69) is 15.2 Å². The molecule has 28 heavy (non-hydrogen) atoms. The summed E-state index contributed by atoms with van der Waals surface area (Å²) in [6.45, 7) is 1.79. The van der Waals surface area contributed by atoms with Crippen LogP contribution in [-0.4, -0.2) is 51.7 Å². The molecule has 2 aliphatic carbocycles. The molecular formula is C16H20F2N6O3S. The third-order valence-corrected chi connectivity index (χ3v) is 7.33. The monoisotopic (exact) mass is 414 g/mol. The van der Waals surface area contributed by atoms with E-state index >= 15 is 0 Å². The average Bonchev–Trinajstić information content (AvgIpc) is 3.39. The highest BCUT2D eigenvalue weighted by Gasteiger charge is 2.82. The zero-order valence-electron chi connectivity index (χ0n) is 15.2. The van der Waals surface area contributed by atoms with Gasteiger partial charge in [-0.15, -0.1) is 0 Å². The second-order valence-corrected chi connectivity index (χ2v) is 9.51. The summed E-state index contributed by atoms with van der Waals surface area (Å²) < 4.78 is 60.6. The molecule has 0 bridgehead atoms. The van der Waals surface area contributed by atoms with Gasteiger partial charge in [0.05, 0.1) is 23.6 Å². The van der Waals surface area contributed by atoms with Crippen LogP contribution in [0.4, 0.5) is 8.78 Å². The molecule has 2 saturated carbocycles. The van der Waals surface area contributed by atoms with Gasteiger partial charge in [0.1, 0.15) is 5.69 Å². The fourth-order valence-electron chi connectivity index (χ4n) is 4.44. The standard InChI is InChI=1S/C16H20F2N6O3S/c1-9-8-20-24(10-2-3-10)11(9)14-21-13(22-27-14)12-15(16(12,17)18)4-6-23(7-5-15)28(19,25)26/h8,10,12H,2-7H2,1H3,(H2,19,25,26)/t12-/m0/s1. The van der Waals surface area contributed by atoms with Crippen molar-refractivity contribution in [1.82, 2.24) is 24.2 Å². The molecule has 0 radical (unpaired) electrons. The van der Waals surface area contributed by atoms with E-state index in [9.17, 15) is 17.2 Å². The first-order chi connectivity index (χ1) is 13.1. The fraction of sp³-hybridized carbons (Fsp3) is 0.688. The Bertz CT molecular complexity index is 1040. The zero-order valence-corrected chi connectivity index (χ0v) is 16.0. The highest BCUT2D eigenvalue weighted by atomic mass is 32.2. The minimum absolute atomic E-state index is 0.00397. The Hall–Kier alpha value is -1.92. The molecule has 152 valence electrons. The molecule has 5 rings (SSSR count). The van der Waals surface area contributed by atoms with Gasteiger partial charge in [-0.2, -0.15) is 22.8 Å². The van der Waals surface area contributed by atoms with Gasteiger partial charge < -0.3 is 4.52 Å². The molecule has 2 aromatic rings. The molecule has 3 heterocycles. The van der Waals surface area contributed by atoms with Crippen LogP contribution < -0.4 is 5.14 Å². The van der Waals surface area contributed by atoms with E-state index in [0.717, 1.165) is 22.7 Å². The van der Waals surface area contributed by atoms with E-state index in [-0.39, 0.29) is 43.7 Å². The first kappa shape index (κ1) is 18.1. The summed E-state index contributed by atoms with van der Waals surface area (Å²) in [5.41, 5.74) is 0.172. The summed E-state index contributed by atoms with van der Waals surface area (Å²) in [7, 11) is -3.88. The molecule has 1 aliphatic heterocycles. The summed E-state index contributed by atoms with van der Waals surface area (Å²) in [6.07, 6.45) is 3.74. The predicted octanol–water partition coefficient (Wildman–Crippen LogP) is 1.59. The quantitative estimate of drug-likeness (QED) is 0.811. The lowest BCUT2D eigenvalue weighted by Crippen LogP contribution is -2.43. The molecule has 1 saturated heterocycles. The SMILES string of the molecule is Cc1cnn(C2CC2)c1-c1nc([C@@H]2C(F)(F)C23CCN(S(N)(=O)=O)CC3)no1. The summed E-state index contributed by atoms with van der Waals surface area (Å²) in [5, 5.41) is 13.3. The van der Waals surface area contributed by atoms with Crippen molar-refractivity contribution in [2.24, 2.45) is 10.6 Å². The van der Waals surface area contributed by atoms with Gasteiger partial charge in [0.25, 0.3) is 22.0 Å². The maximum Gasteiger partial charge on any atom is 0.276 e. The van der Waals surface area contributed by atoms with E-state index in [1.807, 2.05) is 11.6 Å². The van der Waals surface area contributed by atoms with E-state index in [1.165, 1.54) is 0 Å². The van der Waals surface area contributed by atoms with Gasteiger partial charge in [0, 0.05) is 18.7 Å². The number of aromatic nitrogens is 4. The number of rotatable bonds is 4. The average molecular weight is 414 g/mol. The first-order valence-corrected chi connectivity index (χ1v) is 10.7. The highest BCUT2D eigenvalue weighted by Crippen LogP contribution is 2.75. The Kier molecular flexibility index (Phi) is 3.61. The van der Waals surface area contributed by atoms with Crippen LogP contribution in [0.2, 0.25) is 0 Å². The normalized spacial score (nSPS) is 26.6. The second kappa shape index (κ2) is 5.57. The second-order valence-electron chi connectivity index (χ2n) is 7.97. The topological polar surface area (TPSA) is 120 Å². The summed E-state index contributed by atoms with van der Waals surface area (Å²) in [6, 6.07) is 0.287. The van der Waals surface area contributed by atoms with Gasteiger partial charge >= 0.3 is 0 Å². The molecule has 0 amide bonds. The molecule has 9 nitrogen and oxygen atoms in total. The van der Waals surface area contributed by atoms with Crippen molar-refractivity contribution in [2.75, 3.05) is 13.1 Å². The first-order valence-electron chi connectivity index (χ1n) is 9.19. The lowest BCUT2D eigenvalue weighted by Gasteiger charge is -2.30. The molecular weight excluding hydrogens is 394 g/mol. The number of nitrogens with zero attached hydrogens (tertiary/aromatic N) is 5. The van der Waals surface area contributed by atoms with Gasteiger partial charge in [-0.25, -0.2) is 13.9 Å². The zero-order chi connectivity index (χ0) is 19.9. The van der Waals surface area contributed by atoms with Crippen molar-refractivity contribution in [3.8, 4) is 11.6 Å². The Morgan fingerprint density at radius 1 is 1.29 bits per heavy atom. The Morgan fingerprint density at radius 2 is 1.96 bits per heavy atom. The lowest BCUT2D eigenvalue weighted by molar-refractivity contribution is 0.0411. The Balaban J connectivity index is 1.42. The number of piperidine rings is 1. The number of halogens is 2. The van der Waals surface area contributed by atoms with Crippen molar-refractivity contribution in [1.29, 1.82) is 0 Å². The number of nitrogens with two attached hydrogens (primary N) is 1. The smallest absolute Gasteiger partial charge is 0.276 e. The van der Waals surface area contributed by atoms with Crippen LogP contribution in [0.3, 0.4) is 0 Å². The van der Waals surface area contributed by atoms with Crippen LogP contribution in [0.5, 0.6) is 0 Å². The lowest BCUT2D eigenvalue weighted by atomic mass is 9.91. The van der Waals surface area contributed by atoms with Gasteiger partial charge in [0.2, 0.25) is 0 Å². The van der Waals surface area contributed by atoms with Crippen molar-refractivity contribution in [3.05, 3.63) is 17.6 Å². The van der Waals surface area contributed by atoms with Crippen LogP contribution in [0.1, 0.15) is 49.0 Å². The summed E-state index contributed by atoms with van der Waals surface area (Å²) >= 11 is 0. The molecule has 2 N–H and O–H groups in total. The van der Waals surface area contributed by atoms with E-state index in [4.69, 9.17) is 9.66 Å². The van der Waals surface area contributed by atoms with Crippen LogP contribution in [0.25, 0.3) is 11.6 Å². The fourth-order valence-corrected chi connectivity index (χ4v) is 5.13. The number of aryl methyl sites for hydroxylation is 1. The molecule has 3 aliphatic rings. The number of hydrogen-bond donors (Lipinski definition) is 1. The molecule has 12 heteroatoms. The van der Waals surface area contributed by atoms with Crippen molar-refractivity contribution < 1.29 is 21.7 Å². The van der Waals surface area contributed by atoms with Gasteiger partial charge in [-0.1, -0.05) is 5.16 Å². The molecule has 3 fully saturated rings. The van der Waals surface area contributed by atoms with Crippen molar-refractivity contribution in [3.63, 3.8) is 0 Å². The summed E-state index contributed by atoms with van der Waals surface area (Å²) in [4.78, 5) is 4.28. The van der Waals surface area contributed by atoms with E-state index < -0.39 is 27.5 Å². The third kappa shape index (κ3) is 2.47. The minimum Gasteiger partial charge on any atom is -0.332 e. The van der Waals surface area contributed by atoms with Crippen molar-refractivity contribution in [2.45, 2.75) is 50.5 Å². The number of alkyl halides is 2. The Labute approximate surface area is 160 Å². The summed E-state index contributed by atoms with van der Waals surface area (Å²) in [5.74, 6) is -4.04. The Morgan fingerprint density at radius 3 is 2.57 bits per heavy atom. The van der Waals surface area contributed by atoms with Crippen LogP contribution in [0, 0.1) is 12.3 Å². The predicted molar refractivity (Wildman–Crippen MR) is 92.6 cm³/mol. The highest BCUT2D eigenvalue weighted by molar-refractivity contribution is 7.86. The molecule has 0 unspecified atom stereocenters. The van der Waals surface area contributed by atoms with Crippen LogP contribution >= 0.6 is 0 Å². The van der Waals surface area contributed by atoms with E-state index in [0.29, 0.717) is 5.69 Å². The molecule has 0 aromatic carbocycles. The largest absolute Gasteiger partial charge is 0.332 e. The van der Waals surface area contributed by atoms with Crippen LogP contribution in [0.15, 0.2) is 10.7 Å².